The van der Waals surface area contributed by atoms with Gasteiger partial charge < -0.3 is 5.73 Å². The summed E-state index contributed by atoms with van der Waals surface area (Å²) >= 11 is 3.14. The molecule has 0 aliphatic rings. The number of halogens is 2. The third kappa shape index (κ3) is 3.40. The average Bonchev–Trinajstić information content (AvgIpc) is 2.40. The molecule has 2 aromatic rings. The largest absolute Gasteiger partial charge is 0.399 e. The molecule has 2 N–H and O–H groups in total. The number of benzene rings is 2. The van der Waals surface area contributed by atoms with Crippen LogP contribution in [0, 0.1) is 17.1 Å². The Bertz CT molecular complexity index is 845. The highest BCUT2D eigenvalue weighted by molar-refractivity contribution is 9.10. The van der Waals surface area contributed by atoms with Gasteiger partial charge >= 0.3 is 0 Å². The summed E-state index contributed by atoms with van der Waals surface area (Å²) in [5.41, 5.74) is 6.14. The molecule has 2 rings (SSSR count). The summed E-state index contributed by atoms with van der Waals surface area (Å²) in [6.07, 6.45) is 0. The molecule has 4 nitrogen and oxygen atoms in total. The van der Waals surface area contributed by atoms with Gasteiger partial charge in [-0.25, -0.2) is 12.8 Å². The van der Waals surface area contributed by atoms with Gasteiger partial charge in [-0.2, -0.15) is 5.26 Å². The number of nitrogens with zero attached hydrogens (tertiary/aromatic N) is 1. The predicted molar refractivity (Wildman–Crippen MR) is 80.6 cm³/mol. The van der Waals surface area contributed by atoms with Crippen LogP contribution in [0.4, 0.5) is 10.1 Å². The quantitative estimate of drug-likeness (QED) is 0.843. The zero-order valence-electron chi connectivity index (χ0n) is 10.7. The van der Waals surface area contributed by atoms with Crippen molar-refractivity contribution in [3.05, 3.63) is 57.8 Å². The SMILES string of the molecule is N#Cc1ccc(F)c(CS(=O)(=O)c2ccc(N)cc2Br)c1. The Labute approximate surface area is 130 Å². The topological polar surface area (TPSA) is 84.0 Å². The van der Waals surface area contributed by atoms with Crippen molar-refractivity contribution >= 4 is 31.5 Å². The van der Waals surface area contributed by atoms with Crippen molar-refractivity contribution in [2.75, 3.05) is 5.73 Å². The Morgan fingerprint density at radius 1 is 1.24 bits per heavy atom. The molecule has 7 heteroatoms. The highest BCUT2D eigenvalue weighted by Crippen LogP contribution is 2.27. The van der Waals surface area contributed by atoms with E-state index in [0.29, 0.717) is 10.2 Å². The van der Waals surface area contributed by atoms with Crippen molar-refractivity contribution < 1.29 is 12.8 Å². The number of nitrogen functional groups attached to an aromatic ring is 1. The number of sulfone groups is 1. The molecule has 21 heavy (non-hydrogen) atoms. The summed E-state index contributed by atoms with van der Waals surface area (Å²) in [5, 5.41) is 8.80. The van der Waals surface area contributed by atoms with Gasteiger partial charge in [0.15, 0.2) is 9.84 Å². The van der Waals surface area contributed by atoms with E-state index in [9.17, 15) is 12.8 Å². The van der Waals surface area contributed by atoms with E-state index < -0.39 is 21.4 Å². The van der Waals surface area contributed by atoms with Gasteiger partial charge in [0.25, 0.3) is 0 Å². The molecule has 0 bridgehead atoms. The van der Waals surface area contributed by atoms with Gasteiger partial charge in [-0.3, -0.25) is 0 Å². The van der Waals surface area contributed by atoms with Gasteiger partial charge in [-0.05, 0) is 52.3 Å². The van der Waals surface area contributed by atoms with Crippen molar-refractivity contribution in [3.63, 3.8) is 0 Å². The van der Waals surface area contributed by atoms with Gasteiger partial charge in [0.2, 0.25) is 0 Å². The van der Waals surface area contributed by atoms with Gasteiger partial charge in [-0.1, -0.05) is 0 Å². The number of rotatable bonds is 3. The predicted octanol–water partition coefficient (Wildman–Crippen LogP) is 3.02. The molecule has 0 radical (unpaired) electrons. The average molecular weight is 369 g/mol. The van der Waals surface area contributed by atoms with Gasteiger partial charge in [0.1, 0.15) is 5.82 Å². The van der Waals surface area contributed by atoms with Crippen LogP contribution in [0.5, 0.6) is 0 Å². The van der Waals surface area contributed by atoms with E-state index in [2.05, 4.69) is 15.9 Å². The Hall–Kier alpha value is -1.91. The molecular formula is C14H10BrFN2O2S. The van der Waals surface area contributed by atoms with Crippen LogP contribution in [-0.4, -0.2) is 8.42 Å². The molecule has 0 saturated carbocycles. The first-order valence-corrected chi connectivity index (χ1v) is 8.24. The monoisotopic (exact) mass is 368 g/mol. The fourth-order valence-corrected chi connectivity index (χ4v) is 4.36. The molecule has 0 aliphatic carbocycles. The molecule has 0 aromatic heterocycles. The number of nitriles is 1. The van der Waals surface area contributed by atoms with Crippen molar-refractivity contribution in [3.8, 4) is 6.07 Å². The Kier molecular flexibility index (Phi) is 4.30. The standard InChI is InChI=1S/C14H10BrFN2O2S/c15-12-6-11(18)2-4-14(12)21(19,20)8-10-5-9(7-17)1-3-13(10)16/h1-6H,8,18H2. The Morgan fingerprint density at radius 3 is 2.57 bits per heavy atom. The lowest BCUT2D eigenvalue weighted by Gasteiger charge is -2.08. The van der Waals surface area contributed by atoms with Crippen LogP contribution in [0.15, 0.2) is 45.8 Å². The highest BCUT2D eigenvalue weighted by Gasteiger charge is 2.20. The minimum atomic E-state index is -3.76. The smallest absolute Gasteiger partial charge is 0.183 e. The molecule has 0 spiro atoms. The van der Waals surface area contributed by atoms with Crippen LogP contribution in [0.1, 0.15) is 11.1 Å². The van der Waals surface area contributed by atoms with Crippen LogP contribution >= 0.6 is 15.9 Å². The molecule has 0 atom stereocenters. The summed E-state index contributed by atoms with van der Waals surface area (Å²) in [6, 6.07) is 9.75. The fourth-order valence-electron chi connectivity index (χ4n) is 1.81. The number of hydrogen-bond donors (Lipinski definition) is 1. The second-order valence-electron chi connectivity index (χ2n) is 4.37. The summed E-state index contributed by atoms with van der Waals surface area (Å²) in [7, 11) is -3.76. The van der Waals surface area contributed by atoms with E-state index in [0.717, 1.165) is 6.07 Å². The molecule has 0 fully saturated rings. The molecule has 0 heterocycles. The zero-order valence-corrected chi connectivity index (χ0v) is 13.1. The van der Waals surface area contributed by atoms with Crippen molar-refractivity contribution in [2.24, 2.45) is 0 Å². The maximum absolute atomic E-state index is 13.7. The Balaban J connectivity index is 2.45. The van der Waals surface area contributed by atoms with Crippen molar-refractivity contribution in [1.82, 2.24) is 0 Å². The lowest BCUT2D eigenvalue weighted by Crippen LogP contribution is -2.08. The van der Waals surface area contributed by atoms with E-state index in [1.165, 1.54) is 30.3 Å². The van der Waals surface area contributed by atoms with Crippen molar-refractivity contribution in [1.29, 1.82) is 5.26 Å². The fraction of sp³-hybridized carbons (Fsp3) is 0.0714. The van der Waals surface area contributed by atoms with Gasteiger partial charge in [0.05, 0.1) is 22.3 Å². The van der Waals surface area contributed by atoms with Crippen LogP contribution in [0.2, 0.25) is 0 Å². The normalized spacial score (nSPS) is 11.1. The van der Waals surface area contributed by atoms with Crippen LogP contribution in [0.3, 0.4) is 0 Å². The minimum absolute atomic E-state index is 0.0264. The maximum atomic E-state index is 13.7. The van der Waals surface area contributed by atoms with E-state index in [-0.39, 0.29) is 16.0 Å². The van der Waals surface area contributed by atoms with Gasteiger partial charge in [0, 0.05) is 15.7 Å². The molecule has 0 amide bonds. The highest BCUT2D eigenvalue weighted by atomic mass is 79.9. The number of nitrogens with two attached hydrogens (primary N) is 1. The van der Waals surface area contributed by atoms with Crippen LogP contribution < -0.4 is 5.73 Å². The second-order valence-corrected chi connectivity index (χ2v) is 7.18. The zero-order chi connectivity index (χ0) is 15.6. The molecule has 0 unspecified atom stereocenters. The van der Waals surface area contributed by atoms with Crippen LogP contribution in [-0.2, 0) is 15.6 Å². The minimum Gasteiger partial charge on any atom is -0.399 e. The third-order valence-electron chi connectivity index (χ3n) is 2.81. The molecule has 2 aromatic carbocycles. The first-order valence-electron chi connectivity index (χ1n) is 5.80. The second kappa shape index (κ2) is 5.84. The summed E-state index contributed by atoms with van der Waals surface area (Å²) in [5.74, 6) is -1.19. The van der Waals surface area contributed by atoms with Crippen LogP contribution in [0.25, 0.3) is 0 Å². The summed E-state index contributed by atoms with van der Waals surface area (Å²) < 4.78 is 38.8. The summed E-state index contributed by atoms with van der Waals surface area (Å²) in [6.45, 7) is 0. The van der Waals surface area contributed by atoms with E-state index in [4.69, 9.17) is 11.0 Å². The van der Waals surface area contributed by atoms with Crippen molar-refractivity contribution in [2.45, 2.75) is 10.6 Å². The summed E-state index contributed by atoms with van der Waals surface area (Å²) in [4.78, 5) is 0.0264. The molecule has 0 aliphatic heterocycles. The lowest BCUT2D eigenvalue weighted by atomic mass is 10.1. The van der Waals surface area contributed by atoms with Gasteiger partial charge in [-0.15, -0.1) is 0 Å². The lowest BCUT2D eigenvalue weighted by molar-refractivity contribution is 0.586. The first kappa shape index (κ1) is 15.5. The number of hydrogen-bond acceptors (Lipinski definition) is 4. The molecule has 108 valence electrons. The number of anilines is 1. The van der Waals surface area contributed by atoms with E-state index in [1.807, 2.05) is 6.07 Å². The van der Waals surface area contributed by atoms with E-state index in [1.54, 1.807) is 0 Å². The maximum Gasteiger partial charge on any atom is 0.183 e. The molecular weight excluding hydrogens is 359 g/mol. The first-order chi connectivity index (χ1) is 9.83. The third-order valence-corrected chi connectivity index (χ3v) is 5.45. The molecule has 0 saturated heterocycles. The Morgan fingerprint density at radius 2 is 1.95 bits per heavy atom. The van der Waals surface area contributed by atoms with E-state index >= 15 is 0 Å².